The van der Waals surface area contributed by atoms with E-state index in [1.54, 1.807) is 9.21 Å². The number of nitrogens with one attached hydrogen (secondary N) is 1. The Hall–Kier alpha value is -2.71. The number of likely N-dealkylation sites (tertiary alicyclic amines) is 1. The van der Waals surface area contributed by atoms with Gasteiger partial charge in [-0.25, -0.2) is 8.42 Å². The number of hydrogen-bond donors (Lipinski definition) is 1. The van der Waals surface area contributed by atoms with Crippen molar-refractivity contribution in [3.63, 3.8) is 0 Å². The molecule has 2 aromatic carbocycles. The van der Waals surface area contributed by atoms with Crippen LogP contribution in [0.4, 0.5) is 0 Å². The van der Waals surface area contributed by atoms with Gasteiger partial charge in [0.2, 0.25) is 21.8 Å². The van der Waals surface area contributed by atoms with Crippen molar-refractivity contribution in [2.45, 2.75) is 95.7 Å². The van der Waals surface area contributed by atoms with Crippen molar-refractivity contribution in [3.8, 4) is 0 Å². The van der Waals surface area contributed by atoms with E-state index in [4.69, 9.17) is 0 Å². The predicted molar refractivity (Wildman–Crippen MR) is 149 cm³/mol. The molecule has 2 saturated heterocycles. The van der Waals surface area contributed by atoms with Gasteiger partial charge in [-0.2, -0.15) is 4.31 Å². The molecule has 0 aliphatic carbocycles. The van der Waals surface area contributed by atoms with Crippen molar-refractivity contribution < 1.29 is 18.0 Å². The van der Waals surface area contributed by atoms with Crippen molar-refractivity contribution in [2.24, 2.45) is 0 Å². The maximum atomic E-state index is 14.0. The SMILES string of the molecule is CC(C)c1cc(C(C)C)c(S(=O)(=O)N2C3CN(C(=O)CCC(=O)NCc4ccccc4)CC32)c(C(C)C)c1. The van der Waals surface area contributed by atoms with Crippen LogP contribution in [0, 0.1) is 0 Å². The lowest BCUT2D eigenvalue weighted by Crippen LogP contribution is -2.37. The van der Waals surface area contributed by atoms with E-state index in [0.29, 0.717) is 30.4 Å². The molecule has 206 valence electrons. The summed E-state index contributed by atoms with van der Waals surface area (Å²) in [6.07, 6.45) is 0.246. The van der Waals surface area contributed by atoms with Gasteiger partial charge in [0.25, 0.3) is 0 Å². The van der Waals surface area contributed by atoms with E-state index in [1.165, 1.54) is 0 Å². The van der Waals surface area contributed by atoms with Crippen LogP contribution in [0.5, 0.6) is 0 Å². The van der Waals surface area contributed by atoms with Gasteiger partial charge in [0.15, 0.2) is 0 Å². The fraction of sp³-hybridized carbons (Fsp3) is 0.533. The second-order valence-corrected chi connectivity index (χ2v) is 13.3. The number of nitrogens with zero attached hydrogens (tertiary/aromatic N) is 2. The first kappa shape index (κ1) is 28.3. The van der Waals surface area contributed by atoms with Crippen molar-refractivity contribution in [1.82, 2.24) is 14.5 Å². The molecule has 1 N–H and O–H groups in total. The van der Waals surface area contributed by atoms with Crippen LogP contribution in [-0.2, 0) is 26.2 Å². The Bertz CT molecular complexity index is 1250. The van der Waals surface area contributed by atoms with Crippen LogP contribution in [0.25, 0.3) is 0 Å². The number of carbonyl (C=O) groups excluding carboxylic acids is 2. The molecule has 2 heterocycles. The van der Waals surface area contributed by atoms with Crippen molar-refractivity contribution in [1.29, 1.82) is 0 Å². The first-order chi connectivity index (χ1) is 17.9. The molecule has 8 heteroatoms. The van der Waals surface area contributed by atoms with Gasteiger partial charge >= 0.3 is 0 Å². The van der Waals surface area contributed by atoms with Gasteiger partial charge in [0.05, 0.1) is 17.0 Å². The van der Waals surface area contributed by atoms with Gasteiger partial charge in [-0.05, 0) is 40.0 Å². The summed E-state index contributed by atoms with van der Waals surface area (Å²) in [7, 11) is -3.70. The average Bonchev–Trinajstić information content (AvgIpc) is 3.41. The van der Waals surface area contributed by atoms with E-state index in [-0.39, 0.29) is 48.6 Å². The number of piperazine rings is 1. The Morgan fingerprint density at radius 2 is 1.42 bits per heavy atom. The number of amides is 2. The van der Waals surface area contributed by atoms with E-state index in [9.17, 15) is 18.0 Å². The van der Waals surface area contributed by atoms with Gasteiger partial charge in [-0.1, -0.05) is 84.0 Å². The smallest absolute Gasteiger partial charge is 0.244 e. The Labute approximate surface area is 227 Å². The Morgan fingerprint density at radius 3 is 1.92 bits per heavy atom. The van der Waals surface area contributed by atoms with Crippen LogP contribution in [0.3, 0.4) is 0 Å². The molecule has 2 atom stereocenters. The summed E-state index contributed by atoms with van der Waals surface area (Å²) in [5.41, 5.74) is 3.92. The summed E-state index contributed by atoms with van der Waals surface area (Å²) in [4.78, 5) is 27.2. The van der Waals surface area contributed by atoms with Gasteiger partial charge in [0, 0.05) is 32.5 Å². The summed E-state index contributed by atoms with van der Waals surface area (Å²) in [6, 6.07) is 13.4. The minimum Gasteiger partial charge on any atom is -0.352 e. The zero-order valence-corrected chi connectivity index (χ0v) is 24.2. The topological polar surface area (TPSA) is 86.6 Å². The monoisotopic (exact) mass is 539 g/mol. The number of hydrogen-bond acceptors (Lipinski definition) is 4. The zero-order valence-electron chi connectivity index (χ0n) is 23.4. The van der Waals surface area contributed by atoms with E-state index in [1.807, 2.05) is 58.0 Å². The number of sulfonamides is 1. The molecule has 7 nitrogen and oxygen atoms in total. The molecule has 0 radical (unpaired) electrons. The summed E-state index contributed by atoms with van der Waals surface area (Å²) in [5.74, 6) is 0.186. The summed E-state index contributed by atoms with van der Waals surface area (Å²) in [5, 5.41) is 2.85. The maximum absolute atomic E-state index is 14.0. The molecular weight excluding hydrogens is 498 g/mol. The molecular formula is C30H41N3O4S. The van der Waals surface area contributed by atoms with Crippen LogP contribution in [0.2, 0.25) is 0 Å². The number of carbonyl (C=O) groups is 2. The van der Waals surface area contributed by atoms with Gasteiger partial charge in [-0.3, -0.25) is 9.59 Å². The summed E-state index contributed by atoms with van der Waals surface area (Å²) in [6.45, 7) is 13.6. The minimum atomic E-state index is -3.70. The van der Waals surface area contributed by atoms with Crippen LogP contribution in [-0.4, -0.2) is 54.6 Å². The molecule has 2 fully saturated rings. The molecule has 38 heavy (non-hydrogen) atoms. The molecule has 4 rings (SSSR count). The van der Waals surface area contributed by atoms with Crippen LogP contribution >= 0.6 is 0 Å². The average molecular weight is 540 g/mol. The first-order valence-electron chi connectivity index (χ1n) is 13.7. The quantitative estimate of drug-likeness (QED) is 0.442. The molecule has 0 aromatic heterocycles. The normalized spacial score (nSPS) is 20.8. The largest absolute Gasteiger partial charge is 0.352 e. The summed E-state index contributed by atoms with van der Waals surface area (Å²) >= 11 is 0. The van der Waals surface area contributed by atoms with Crippen molar-refractivity contribution >= 4 is 21.8 Å². The molecule has 2 aliphatic heterocycles. The third-order valence-corrected chi connectivity index (χ3v) is 9.77. The molecule has 2 aromatic rings. The van der Waals surface area contributed by atoms with Crippen molar-refractivity contribution in [3.05, 3.63) is 64.7 Å². The lowest BCUT2D eigenvalue weighted by molar-refractivity contribution is -0.133. The standard InChI is InChI=1S/C30H41N3O4S/c1-19(2)23-14-24(20(3)4)30(25(15-23)21(5)6)38(36,37)33-26-17-32(18-27(26)33)29(35)13-12-28(34)31-16-22-10-8-7-9-11-22/h7-11,14-15,19-21,26-27H,12-13,16-18H2,1-6H3,(H,31,34). The number of fused-ring (bicyclic) bond motifs is 1. The van der Waals surface area contributed by atoms with Crippen LogP contribution in [0.15, 0.2) is 47.4 Å². The highest BCUT2D eigenvalue weighted by molar-refractivity contribution is 7.89. The fourth-order valence-corrected chi connectivity index (χ4v) is 7.83. The molecule has 0 saturated carbocycles. The zero-order chi connectivity index (χ0) is 27.8. The van der Waals surface area contributed by atoms with Gasteiger partial charge in [0.1, 0.15) is 0 Å². The maximum Gasteiger partial charge on any atom is 0.244 e. The summed E-state index contributed by atoms with van der Waals surface area (Å²) < 4.78 is 29.6. The molecule has 0 spiro atoms. The Morgan fingerprint density at radius 1 is 0.868 bits per heavy atom. The van der Waals surface area contributed by atoms with Crippen molar-refractivity contribution in [2.75, 3.05) is 13.1 Å². The highest BCUT2D eigenvalue weighted by Gasteiger charge is 2.61. The lowest BCUT2D eigenvalue weighted by Gasteiger charge is -2.25. The van der Waals surface area contributed by atoms with Crippen LogP contribution in [0.1, 0.15) is 94.4 Å². The number of benzene rings is 2. The third kappa shape index (κ3) is 5.81. The molecule has 2 aliphatic rings. The fourth-order valence-electron chi connectivity index (χ4n) is 5.36. The van der Waals surface area contributed by atoms with Gasteiger partial charge < -0.3 is 10.2 Å². The minimum absolute atomic E-state index is 0.0712. The Kier molecular flexibility index (Phi) is 8.33. The second kappa shape index (κ2) is 11.2. The molecule has 2 amide bonds. The second-order valence-electron chi connectivity index (χ2n) is 11.5. The van der Waals surface area contributed by atoms with E-state index in [0.717, 1.165) is 22.3 Å². The van der Waals surface area contributed by atoms with Gasteiger partial charge in [-0.15, -0.1) is 0 Å². The molecule has 2 unspecified atom stereocenters. The molecule has 0 bridgehead atoms. The third-order valence-electron chi connectivity index (χ3n) is 7.69. The van der Waals surface area contributed by atoms with E-state index >= 15 is 0 Å². The van der Waals surface area contributed by atoms with Crippen LogP contribution < -0.4 is 5.32 Å². The van der Waals surface area contributed by atoms with E-state index in [2.05, 4.69) is 31.3 Å². The lowest BCUT2D eigenvalue weighted by atomic mass is 9.89. The highest BCUT2D eigenvalue weighted by atomic mass is 32.2. The Balaban J connectivity index is 1.39. The predicted octanol–water partition coefficient (Wildman–Crippen LogP) is 4.74. The highest BCUT2D eigenvalue weighted by Crippen LogP contribution is 2.45. The first-order valence-corrected chi connectivity index (χ1v) is 15.2. The number of rotatable bonds is 10. The van der Waals surface area contributed by atoms with E-state index < -0.39 is 10.0 Å².